The molecule has 0 aliphatic carbocycles. The molecule has 3 heterocycles. The SMILES string of the molecule is CCN1CCN(c2nc(C)nc3c2nc(-c2ccccc2Cl)n3CCN)CC1. The van der Waals surface area contributed by atoms with Gasteiger partial charge in [0, 0.05) is 44.8 Å². The van der Waals surface area contributed by atoms with Crippen LogP contribution in [0.2, 0.25) is 5.02 Å². The van der Waals surface area contributed by atoms with Gasteiger partial charge in [-0.2, -0.15) is 0 Å². The number of aryl methyl sites for hydroxylation is 1. The van der Waals surface area contributed by atoms with Crippen molar-refractivity contribution in [3.63, 3.8) is 0 Å². The standard InChI is InChI=1S/C20H26ClN7/c1-3-26-10-12-27(13-11-26)19-17-20(24-14(2)23-19)28(9-8-22)18(25-17)15-6-4-5-7-16(15)21/h4-7H,3,8-13,22H2,1-2H3. The van der Waals surface area contributed by atoms with Gasteiger partial charge in [0.25, 0.3) is 0 Å². The lowest BCUT2D eigenvalue weighted by Gasteiger charge is -2.34. The van der Waals surface area contributed by atoms with E-state index in [0.29, 0.717) is 18.1 Å². The molecule has 0 amide bonds. The number of aromatic nitrogens is 4. The van der Waals surface area contributed by atoms with Gasteiger partial charge in [-0.15, -0.1) is 0 Å². The number of hydrogen-bond donors (Lipinski definition) is 1. The predicted octanol–water partition coefficient (Wildman–Crippen LogP) is 2.56. The Labute approximate surface area is 170 Å². The zero-order chi connectivity index (χ0) is 19.7. The summed E-state index contributed by atoms with van der Waals surface area (Å²) in [6, 6.07) is 7.75. The van der Waals surface area contributed by atoms with Crippen LogP contribution >= 0.6 is 11.6 Å². The highest BCUT2D eigenvalue weighted by Gasteiger charge is 2.24. The zero-order valence-corrected chi connectivity index (χ0v) is 17.2. The van der Waals surface area contributed by atoms with Crippen molar-refractivity contribution in [2.24, 2.45) is 5.73 Å². The number of hydrogen-bond acceptors (Lipinski definition) is 6. The second kappa shape index (κ2) is 8.03. The fourth-order valence-electron chi connectivity index (χ4n) is 3.78. The molecule has 1 fully saturated rings. The molecule has 2 N–H and O–H groups in total. The van der Waals surface area contributed by atoms with E-state index >= 15 is 0 Å². The number of rotatable bonds is 5. The smallest absolute Gasteiger partial charge is 0.166 e. The highest BCUT2D eigenvalue weighted by Crippen LogP contribution is 2.32. The average molecular weight is 400 g/mol. The van der Waals surface area contributed by atoms with Gasteiger partial charge >= 0.3 is 0 Å². The molecular formula is C20H26ClN7. The molecule has 1 aliphatic rings. The molecule has 28 heavy (non-hydrogen) atoms. The normalized spacial score (nSPS) is 15.5. The Morgan fingerprint density at radius 3 is 2.50 bits per heavy atom. The number of anilines is 1. The Kier molecular flexibility index (Phi) is 5.48. The maximum Gasteiger partial charge on any atom is 0.166 e. The van der Waals surface area contributed by atoms with Crippen molar-refractivity contribution in [2.75, 3.05) is 44.2 Å². The molecule has 3 aromatic rings. The second-order valence-corrected chi connectivity index (χ2v) is 7.45. The third kappa shape index (κ3) is 3.45. The van der Waals surface area contributed by atoms with E-state index < -0.39 is 0 Å². The summed E-state index contributed by atoms with van der Waals surface area (Å²) in [6.45, 7) is 10.3. The molecule has 1 aromatic carbocycles. The number of benzene rings is 1. The molecule has 7 nitrogen and oxygen atoms in total. The molecule has 0 spiro atoms. The fraction of sp³-hybridized carbons (Fsp3) is 0.450. The van der Waals surface area contributed by atoms with E-state index in [2.05, 4.69) is 21.3 Å². The van der Waals surface area contributed by atoms with E-state index in [0.717, 1.165) is 66.9 Å². The van der Waals surface area contributed by atoms with Crippen molar-refractivity contribution >= 4 is 28.6 Å². The van der Waals surface area contributed by atoms with Crippen LogP contribution in [-0.2, 0) is 6.54 Å². The van der Waals surface area contributed by atoms with Crippen LogP contribution in [0.3, 0.4) is 0 Å². The Hall–Kier alpha value is -2.22. The van der Waals surface area contributed by atoms with Crippen molar-refractivity contribution in [1.82, 2.24) is 24.4 Å². The summed E-state index contributed by atoms with van der Waals surface area (Å²) in [4.78, 5) is 19.2. The number of imidazole rings is 1. The monoisotopic (exact) mass is 399 g/mol. The molecule has 1 aliphatic heterocycles. The molecule has 0 radical (unpaired) electrons. The van der Waals surface area contributed by atoms with Crippen molar-refractivity contribution in [3.05, 3.63) is 35.1 Å². The Morgan fingerprint density at radius 1 is 1.07 bits per heavy atom. The van der Waals surface area contributed by atoms with E-state index in [4.69, 9.17) is 32.3 Å². The lowest BCUT2D eigenvalue weighted by atomic mass is 10.2. The fourth-order valence-corrected chi connectivity index (χ4v) is 4.00. The number of piperazine rings is 1. The van der Waals surface area contributed by atoms with E-state index in [1.165, 1.54) is 0 Å². The zero-order valence-electron chi connectivity index (χ0n) is 16.4. The van der Waals surface area contributed by atoms with Gasteiger partial charge in [0.15, 0.2) is 17.0 Å². The van der Waals surface area contributed by atoms with E-state index in [-0.39, 0.29) is 0 Å². The largest absolute Gasteiger partial charge is 0.352 e. The second-order valence-electron chi connectivity index (χ2n) is 7.04. The van der Waals surface area contributed by atoms with Gasteiger partial charge in [0.05, 0.1) is 5.02 Å². The van der Waals surface area contributed by atoms with Gasteiger partial charge in [0.2, 0.25) is 0 Å². The first kappa shape index (κ1) is 19.1. The van der Waals surface area contributed by atoms with Crippen LogP contribution in [0.15, 0.2) is 24.3 Å². The van der Waals surface area contributed by atoms with Gasteiger partial charge in [-0.05, 0) is 25.6 Å². The summed E-state index contributed by atoms with van der Waals surface area (Å²) in [5.74, 6) is 2.44. The summed E-state index contributed by atoms with van der Waals surface area (Å²) in [7, 11) is 0. The highest BCUT2D eigenvalue weighted by molar-refractivity contribution is 6.33. The number of fused-ring (bicyclic) bond motifs is 1. The first-order valence-corrected chi connectivity index (χ1v) is 10.2. The van der Waals surface area contributed by atoms with Crippen molar-refractivity contribution < 1.29 is 0 Å². The van der Waals surface area contributed by atoms with Crippen LogP contribution in [0.25, 0.3) is 22.6 Å². The van der Waals surface area contributed by atoms with E-state index in [1.54, 1.807) is 0 Å². The summed E-state index contributed by atoms with van der Waals surface area (Å²) in [6.07, 6.45) is 0. The first-order valence-electron chi connectivity index (χ1n) is 9.79. The first-order chi connectivity index (χ1) is 13.6. The quantitative estimate of drug-likeness (QED) is 0.710. The molecule has 0 atom stereocenters. The van der Waals surface area contributed by atoms with Gasteiger partial charge in [-0.1, -0.05) is 30.7 Å². The average Bonchev–Trinajstić information content (AvgIpc) is 3.06. The van der Waals surface area contributed by atoms with Gasteiger partial charge in [-0.25, -0.2) is 15.0 Å². The number of nitrogens with zero attached hydrogens (tertiary/aromatic N) is 6. The van der Waals surface area contributed by atoms with Crippen LogP contribution in [0.5, 0.6) is 0 Å². The molecular weight excluding hydrogens is 374 g/mol. The maximum atomic E-state index is 6.47. The van der Waals surface area contributed by atoms with Crippen molar-refractivity contribution in [1.29, 1.82) is 0 Å². The topological polar surface area (TPSA) is 76.1 Å². The van der Waals surface area contributed by atoms with Crippen molar-refractivity contribution in [3.8, 4) is 11.4 Å². The summed E-state index contributed by atoms with van der Waals surface area (Å²) >= 11 is 6.47. The minimum atomic E-state index is 0.496. The molecule has 0 bridgehead atoms. The summed E-state index contributed by atoms with van der Waals surface area (Å²) < 4.78 is 2.07. The maximum absolute atomic E-state index is 6.47. The van der Waals surface area contributed by atoms with Crippen LogP contribution in [0.4, 0.5) is 5.82 Å². The van der Waals surface area contributed by atoms with Gasteiger partial charge < -0.3 is 20.1 Å². The third-order valence-electron chi connectivity index (χ3n) is 5.27. The molecule has 4 rings (SSSR count). The van der Waals surface area contributed by atoms with Crippen LogP contribution < -0.4 is 10.6 Å². The van der Waals surface area contributed by atoms with E-state index in [9.17, 15) is 0 Å². The Balaban J connectivity index is 1.86. The molecule has 1 saturated heterocycles. The van der Waals surface area contributed by atoms with Crippen LogP contribution in [0.1, 0.15) is 12.7 Å². The molecule has 8 heteroatoms. The minimum Gasteiger partial charge on any atom is -0.352 e. The minimum absolute atomic E-state index is 0.496. The Bertz CT molecular complexity index is 976. The lowest BCUT2D eigenvalue weighted by molar-refractivity contribution is 0.270. The van der Waals surface area contributed by atoms with Crippen molar-refractivity contribution in [2.45, 2.75) is 20.4 Å². The summed E-state index contributed by atoms with van der Waals surface area (Å²) in [5, 5.41) is 0.666. The molecule has 148 valence electrons. The summed E-state index contributed by atoms with van der Waals surface area (Å²) in [5.41, 5.74) is 8.43. The Morgan fingerprint density at radius 2 is 1.82 bits per heavy atom. The van der Waals surface area contributed by atoms with Crippen LogP contribution in [0, 0.1) is 6.92 Å². The molecule has 2 aromatic heterocycles. The molecule has 0 unspecified atom stereocenters. The van der Waals surface area contributed by atoms with Crippen LogP contribution in [-0.4, -0.2) is 63.7 Å². The van der Waals surface area contributed by atoms with Gasteiger partial charge in [0.1, 0.15) is 11.6 Å². The van der Waals surface area contributed by atoms with Gasteiger partial charge in [-0.3, -0.25) is 0 Å². The number of nitrogens with two attached hydrogens (primary N) is 1. The number of halogens is 1. The highest BCUT2D eigenvalue weighted by atomic mass is 35.5. The number of likely N-dealkylation sites (N-methyl/N-ethyl adjacent to an activating group) is 1. The lowest BCUT2D eigenvalue weighted by Crippen LogP contribution is -2.46. The van der Waals surface area contributed by atoms with E-state index in [1.807, 2.05) is 31.2 Å². The molecule has 0 saturated carbocycles. The third-order valence-corrected chi connectivity index (χ3v) is 5.60. The predicted molar refractivity (Wildman–Crippen MR) is 114 cm³/mol.